The van der Waals surface area contributed by atoms with Gasteiger partial charge in [-0.2, -0.15) is 0 Å². The van der Waals surface area contributed by atoms with Crippen LogP contribution in [0.25, 0.3) is 0 Å². The lowest BCUT2D eigenvalue weighted by Crippen LogP contribution is -2.74. The van der Waals surface area contributed by atoms with Crippen molar-refractivity contribution in [3.05, 3.63) is 210 Å². The molecule has 66 heavy (non-hydrogen) atoms. The summed E-state index contributed by atoms with van der Waals surface area (Å²) in [6, 6.07) is 70.3. The number of benzene rings is 8. The summed E-state index contributed by atoms with van der Waals surface area (Å²) >= 11 is 0. The van der Waals surface area contributed by atoms with Crippen LogP contribution in [0.3, 0.4) is 0 Å². The normalized spacial score (nSPS) is 13.6. The van der Waals surface area contributed by atoms with Crippen LogP contribution in [0.5, 0.6) is 0 Å². The maximum Gasteiger partial charge on any atom is 0.252 e. The van der Waals surface area contributed by atoms with Crippen molar-refractivity contribution in [3.63, 3.8) is 0 Å². The summed E-state index contributed by atoms with van der Waals surface area (Å²) in [7, 11) is -2.81. The van der Waals surface area contributed by atoms with Gasteiger partial charge in [0.1, 0.15) is 0 Å². The fraction of sp³-hybridized carbons (Fsp3) is 0.226. The number of rotatable bonds is 6. The molecule has 0 bridgehead atoms. The molecule has 328 valence electrons. The summed E-state index contributed by atoms with van der Waals surface area (Å²) in [5, 5.41) is 5.54. The first-order chi connectivity index (χ1) is 31.5. The molecule has 2 aliphatic heterocycles. The van der Waals surface area contributed by atoms with E-state index >= 15 is 0 Å². The van der Waals surface area contributed by atoms with Crippen molar-refractivity contribution in [2.24, 2.45) is 0 Å². The van der Waals surface area contributed by atoms with Crippen molar-refractivity contribution in [1.29, 1.82) is 0 Å². The van der Waals surface area contributed by atoms with Gasteiger partial charge >= 0.3 is 0 Å². The molecule has 0 radical (unpaired) electrons. The van der Waals surface area contributed by atoms with Crippen LogP contribution < -0.4 is 46.9 Å². The van der Waals surface area contributed by atoms with Crippen LogP contribution in [0.1, 0.15) is 90.1 Å². The highest BCUT2D eigenvalue weighted by atomic mass is 28.3. The van der Waals surface area contributed by atoms with Crippen molar-refractivity contribution >= 4 is 86.0 Å². The topological polar surface area (TPSA) is 6.48 Å². The van der Waals surface area contributed by atoms with Gasteiger partial charge in [-0.1, -0.05) is 202 Å². The Morgan fingerprint density at radius 3 is 1.39 bits per heavy atom. The number of aryl methyl sites for hydroxylation is 2. The quantitative estimate of drug-likeness (QED) is 0.121. The predicted octanol–water partition coefficient (Wildman–Crippen LogP) is 11.7. The highest BCUT2D eigenvalue weighted by Crippen LogP contribution is 2.47. The zero-order valence-corrected chi connectivity index (χ0v) is 41.8. The monoisotopic (exact) mass is 874 g/mol. The van der Waals surface area contributed by atoms with Crippen LogP contribution in [0, 0.1) is 13.8 Å². The minimum Gasteiger partial charge on any atom is -0.311 e. The zero-order chi connectivity index (χ0) is 46.3. The first-order valence-electron chi connectivity index (χ1n) is 23.9. The van der Waals surface area contributed by atoms with E-state index in [1.54, 1.807) is 0 Å². The molecule has 8 aromatic rings. The van der Waals surface area contributed by atoms with Crippen LogP contribution in [-0.4, -0.2) is 14.8 Å². The number of hydrogen-bond donors (Lipinski definition) is 0. The van der Waals surface area contributed by atoms with E-state index in [9.17, 15) is 0 Å². The molecule has 0 saturated carbocycles. The molecule has 4 heteroatoms. The van der Waals surface area contributed by atoms with Crippen LogP contribution in [0.2, 0.25) is 0 Å². The maximum absolute atomic E-state index is 2.81. The third kappa shape index (κ3) is 7.17. The second kappa shape index (κ2) is 15.9. The van der Waals surface area contributed by atoms with E-state index in [2.05, 4.69) is 268 Å². The minimum atomic E-state index is -2.81. The van der Waals surface area contributed by atoms with Gasteiger partial charge in [-0.3, -0.25) is 0 Å². The Hall–Kier alpha value is -6.36. The lowest BCUT2D eigenvalue weighted by Gasteiger charge is -2.46. The van der Waals surface area contributed by atoms with E-state index in [0.29, 0.717) is 0 Å². The number of anilines is 6. The molecule has 8 aromatic carbocycles. The molecule has 0 aromatic heterocycles. The SMILES string of the molecule is Cc1ccc2c(c1)N(c1ccc([Si](c3ccccc3)(c3ccccc3)c3ccccc3)cc1C(C)(C)C)c1cc(C)cc3c1B2c1cc(C(C)(C)C)ccc1N3c1ccc(C(C)(C)C)cc1. The molecule has 2 aliphatic rings. The summed E-state index contributed by atoms with van der Waals surface area (Å²) < 4.78 is 0. The molecule has 2 nitrogen and oxygen atoms in total. The molecule has 0 spiro atoms. The van der Waals surface area contributed by atoms with Crippen molar-refractivity contribution in [2.45, 2.75) is 92.4 Å². The molecule has 0 fully saturated rings. The molecule has 10 rings (SSSR count). The average molecular weight is 875 g/mol. The summed E-state index contributed by atoms with van der Waals surface area (Å²) in [4.78, 5) is 5.20. The lowest BCUT2D eigenvalue weighted by atomic mass is 9.33. The molecule has 0 aliphatic carbocycles. The van der Waals surface area contributed by atoms with Crippen molar-refractivity contribution < 1.29 is 0 Å². The van der Waals surface area contributed by atoms with Gasteiger partial charge in [-0.25, -0.2) is 0 Å². The van der Waals surface area contributed by atoms with E-state index in [1.165, 1.54) is 99.1 Å². The van der Waals surface area contributed by atoms with Crippen molar-refractivity contribution in [2.75, 3.05) is 9.80 Å². The number of nitrogens with zero attached hydrogens (tertiary/aromatic N) is 2. The standard InChI is InChI=1S/C62H63BN2Si/c1-42-27-34-52-56(37-42)65(54-36-33-50(41-51(54)62(9,10)11)66(47-21-15-12-16-22-47,48-23-17-13-18-24-48)49-25-19-14-20-26-49)58-39-43(2)38-57-59(58)63(52)53-40-45(61(6,7)8)30-35-55(53)64(57)46-31-28-44(29-32-46)60(3,4)5/h12-41H,1-11H3. The van der Waals surface area contributed by atoms with E-state index in [-0.39, 0.29) is 23.0 Å². The largest absolute Gasteiger partial charge is 0.311 e. The smallest absolute Gasteiger partial charge is 0.252 e. The summed E-state index contributed by atoms with van der Waals surface area (Å²) in [6.45, 7) is 25.7. The third-order valence-electron chi connectivity index (χ3n) is 14.3. The van der Waals surface area contributed by atoms with Crippen LogP contribution in [-0.2, 0) is 16.2 Å². The number of hydrogen-bond acceptors (Lipinski definition) is 2. The van der Waals surface area contributed by atoms with Crippen molar-refractivity contribution in [3.8, 4) is 0 Å². The molecule has 0 N–H and O–H groups in total. The summed E-state index contributed by atoms with van der Waals surface area (Å²) in [6.07, 6.45) is 0. The van der Waals surface area contributed by atoms with Crippen LogP contribution in [0.15, 0.2) is 182 Å². The van der Waals surface area contributed by atoms with Crippen molar-refractivity contribution in [1.82, 2.24) is 0 Å². The molecular formula is C62H63BN2Si. The first kappa shape index (κ1) is 43.5. The zero-order valence-electron chi connectivity index (χ0n) is 40.8. The van der Waals surface area contributed by atoms with Crippen LogP contribution in [0.4, 0.5) is 34.1 Å². The Balaban J connectivity index is 1.27. The Morgan fingerprint density at radius 1 is 0.364 bits per heavy atom. The molecule has 0 atom stereocenters. The summed E-state index contributed by atoms with van der Waals surface area (Å²) in [5.41, 5.74) is 17.9. The highest BCUT2D eigenvalue weighted by Gasteiger charge is 2.46. The Bertz CT molecular complexity index is 3000. The fourth-order valence-corrected chi connectivity index (χ4v) is 15.8. The fourth-order valence-electron chi connectivity index (χ4n) is 11.0. The Kier molecular flexibility index (Phi) is 10.5. The summed E-state index contributed by atoms with van der Waals surface area (Å²) in [5.74, 6) is 0. The Labute approximate surface area is 396 Å². The average Bonchev–Trinajstić information content (AvgIpc) is 3.29. The van der Waals surface area contributed by atoms with Gasteiger partial charge < -0.3 is 9.80 Å². The molecule has 0 saturated heterocycles. The second-order valence-electron chi connectivity index (χ2n) is 22.0. The molecule has 0 amide bonds. The van der Waals surface area contributed by atoms with Gasteiger partial charge in [0.25, 0.3) is 6.71 Å². The van der Waals surface area contributed by atoms with Gasteiger partial charge in [0.05, 0.1) is 0 Å². The molecular weight excluding hydrogens is 812 g/mol. The lowest BCUT2D eigenvalue weighted by molar-refractivity contribution is 0.590. The Morgan fingerprint density at radius 2 is 0.864 bits per heavy atom. The molecule has 0 unspecified atom stereocenters. The number of fused-ring (bicyclic) bond motifs is 4. The maximum atomic E-state index is 2.64. The van der Waals surface area contributed by atoms with Gasteiger partial charge in [0.15, 0.2) is 8.07 Å². The van der Waals surface area contributed by atoms with Gasteiger partial charge in [0, 0.05) is 34.1 Å². The third-order valence-corrected chi connectivity index (χ3v) is 19.1. The molecule has 2 heterocycles. The van der Waals surface area contributed by atoms with Gasteiger partial charge in [0.2, 0.25) is 0 Å². The van der Waals surface area contributed by atoms with E-state index in [1.807, 2.05) is 0 Å². The highest BCUT2D eigenvalue weighted by molar-refractivity contribution is 7.20. The van der Waals surface area contributed by atoms with Gasteiger partial charge in [-0.05, 0) is 138 Å². The van der Waals surface area contributed by atoms with E-state index < -0.39 is 8.07 Å². The van der Waals surface area contributed by atoms with E-state index in [4.69, 9.17) is 0 Å². The van der Waals surface area contributed by atoms with E-state index in [0.717, 1.165) is 0 Å². The van der Waals surface area contributed by atoms with Gasteiger partial charge in [-0.15, -0.1) is 0 Å². The predicted molar refractivity (Wildman–Crippen MR) is 290 cm³/mol. The van der Waals surface area contributed by atoms with Crippen LogP contribution >= 0.6 is 0 Å². The second-order valence-corrected chi connectivity index (χ2v) is 25.8. The minimum absolute atomic E-state index is 0.0114. The first-order valence-corrected chi connectivity index (χ1v) is 25.9.